The number of hydrogen-bond acceptors (Lipinski definition) is 4. The monoisotopic (exact) mass is 442 g/mol. The third-order valence-corrected chi connectivity index (χ3v) is 5.39. The average Bonchev–Trinajstić information content (AvgIpc) is 2.66. The Morgan fingerprint density at radius 2 is 1.77 bits per heavy atom. The van der Waals surface area contributed by atoms with Crippen LogP contribution in [0.4, 0.5) is 13.2 Å². The van der Waals surface area contributed by atoms with Gasteiger partial charge in [-0.15, -0.1) is 0 Å². The Bertz CT molecular complexity index is 1020. The number of sulfonamides is 1. The summed E-state index contributed by atoms with van der Waals surface area (Å²) < 4.78 is 68.2. The largest absolute Gasteiger partial charge is 0.457 e. The highest BCUT2D eigenvalue weighted by molar-refractivity contribution is 7.88. The van der Waals surface area contributed by atoms with Crippen molar-refractivity contribution in [2.45, 2.75) is 25.6 Å². The molecule has 1 N–H and O–H groups in total. The van der Waals surface area contributed by atoms with E-state index in [4.69, 9.17) is 4.74 Å². The van der Waals surface area contributed by atoms with E-state index in [0.717, 1.165) is 29.5 Å². The van der Waals surface area contributed by atoms with Crippen molar-refractivity contribution in [2.24, 2.45) is 0 Å². The molecule has 3 rings (SSSR count). The Hall–Kier alpha value is -2.59. The van der Waals surface area contributed by atoms with Crippen molar-refractivity contribution >= 4 is 15.9 Å². The van der Waals surface area contributed by atoms with Crippen LogP contribution >= 0.6 is 0 Å². The molecule has 30 heavy (non-hydrogen) atoms. The normalized spacial score (nSPS) is 14.3. The van der Waals surface area contributed by atoms with Crippen molar-refractivity contribution in [3.05, 3.63) is 59.2 Å². The minimum Gasteiger partial charge on any atom is -0.457 e. The summed E-state index contributed by atoms with van der Waals surface area (Å²) in [6.07, 6.45) is -2.66. The molecule has 0 saturated carbocycles. The van der Waals surface area contributed by atoms with Crippen molar-refractivity contribution in [3.8, 4) is 11.5 Å². The summed E-state index contributed by atoms with van der Waals surface area (Å²) in [5.41, 5.74) is 1.20. The lowest BCUT2D eigenvalue weighted by molar-refractivity contribution is -0.137. The molecule has 2 aromatic carbocycles. The van der Waals surface area contributed by atoms with Crippen LogP contribution in [0.1, 0.15) is 23.1 Å². The maximum Gasteiger partial charge on any atom is 0.416 e. The van der Waals surface area contributed by atoms with Crippen LogP contribution < -0.4 is 9.46 Å². The molecule has 0 saturated heterocycles. The fraction of sp³-hybridized carbons (Fsp3) is 0.350. The summed E-state index contributed by atoms with van der Waals surface area (Å²) in [5.74, 6) is 0.575. The lowest BCUT2D eigenvalue weighted by Gasteiger charge is -2.29. The first-order chi connectivity index (χ1) is 14.0. The molecule has 1 aliphatic heterocycles. The zero-order valence-electron chi connectivity index (χ0n) is 16.2. The van der Waals surface area contributed by atoms with Crippen LogP contribution in [0.3, 0.4) is 0 Å². The quantitative estimate of drug-likeness (QED) is 0.745. The fourth-order valence-electron chi connectivity index (χ4n) is 3.16. The summed E-state index contributed by atoms with van der Waals surface area (Å²) >= 11 is 0. The van der Waals surface area contributed by atoms with Crippen molar-refractivity contribution in [3.63, 3.8) is 0 Å². The Labute approximate surface area is 172 Å². The highest BCUT2D eigenvalue weighted by atomic mass is 32.2. The SMILES string of the molecule is CS(=O)(=O)NCCC(=O)N1CCc2ccc(Oc3ccc(C(F)(F)F)cc3)cc2C1. The second-order valence-corrected chi connectivity index (χ2v) is 8.87. The lowest BCUT2D eigenvalue weighted by atomic mass is 9.99. The zero-order valence-corrected chi connectivity index (χ0v) is 17.0. The van der Waals surface area contributed by atoms with Crippen molar-refractivity contribution in [1.29, 1.82) is 0 Å². The third-order valence-electron chi connectivity index (χ3n) is 4.66. The number of carbonyl (C=O) groups is 1. The molecule has 0 bridgehead atoms. The molecule has 0 fully saturated rings. The highest BCUT2D eigenvalue weighted by Crippen LogP contribution is 2.32. The fourth-order valence-corrected chi connectivity index (χ4v) is 3.63. The number of rotatable bonds is 6. The predicted octanol–water partition coefficient (Wildman–Crippen LogP) is 3.32. The smallest absolute Gasteiger partial charge is 0.416 e. The van der Waals surface area contributed by atoms with Crippen LogP contribution in [0.2, 0.25) is 0 Å². The number of amides is 1. The van der Waals surface area contributed by atoms with Crippen LogP contribution in [-0.4, -0.2) is 38.6 Å². The molecule has 0 unspecified atom stereocenters. The Morgan fingerprint density at radius 3 is 2.40 bits per heavy atom. The topological polar surface area (TPSA) is 75.7 Å². The van der Waals surface area contributed by atoms with Gasteiger partial charge in [0.15, 0.2) is 0 Å². The van der Waals surface area contributed by atoms with Gasteiger partial charge in [0.1, 0.15) is 11.5 Å². The van der Waals surface area contributed by atoms with Crippen LogP contribution in [0.15, 0.2) is 42.5 Å². The first-order valence-corrected chi connectivity index (χ1v) is 11.1. The molecular weight excluding hydrogens is 421 g/mol. The van der Waals surface area contributed by atoms with Gasteiger partial charge in [-0.25, -0.2) is 13.1 Å². The Balaban J connectivity index is 1.64. The Morgan fingerprint density at radius 1 is 1.10 bits per heavy atom. The average molecular weight is 442 g/mol. The van der Waals surface area contributed by atoms with Gasteiger partial charge < -0.3 is 9.64 Å². The minimum absolute atomic E-state index is 0.0398. The van der Waals surface area contributed by atoms with Gasteiger partial charge in [-0.05, 0) is 53.9 Å². The van der Waals surface area contributed by atoms with Crippen molar-refractivity contribution in [2.75, 3.05) is 19.3 Å². The summed E-state index contributed by atoms with van der Waals surface area (Å²) in [4.78, 5) is 14.0. The van der Waals surface area contributed by atoms with Crippen LogP contribution in [-0.2, 0) is 34.0 Å². The number of benzene rings is 2. The second-order valence-electron chi connectivity index (χ2n) is 7.04. The molecule has 0 radical (unpaired) electrons. The van der Waals surface area contributed by atoms with Gasteiger partial charge in [0.05, 0.1) is 11.8 Å². The number of carbonyl (C=O) groups excluding carboxylic acids is 1. The molecule has 2 aromatic rings. The summed E-state index contributed by atoms with van der Waals surface area (Å²) in [7, 11) is -3.35. The van der Waals surface area contributed by atoms with Gasteiger partial charge >= 0.3 is 6.18 Å². The molecule has 0 aliphatic carbocycles. The summed E-state index contributed by atoms with van der Waals surface area (Å²) in [5, 5.41) is 0. The van der Waals surface area contributed by atoms with E-state index >= 15 is 0 Å². The number of halogens is 3. The summed E-state index contributed by atoms with van der Waals surface area (Å²) in [6, 6.07) is 9.81. The second kappa shape index (κ2) is 8.65. The van der Waals surface area contributed by atoms with E-state index in [2.05, 4.69) is 4.72 Å². The lowest BCUT2D eigenvalue weighted by Crippen LogP contribution is -2.37. The minimum atomic E-state index is -4.41. The van der Waals surface area contributed by atoms with Gasteiger partial charge in [0.25, 0.3) is 0 Å². The van der Waals surface area contributed by atoms with Crippen LogP contribution in [0.5, 0.6) is 11.5 Å². The first-order valence-electron chi connectivity index (χ1n) is 9.20. The first kappa shape index (κ1) is 22.1. The van der Waals surface area contributed by atoms with E-state index in [9.17, 15) is 26.4 Å². The number of nitrogens with one attached hydrogen (secondary N) is 1. The van der Waals surface area contributed by atoms with E-state index in [-0.39, 0.29) is 24.6 Å². The standard InChI is InChI=1S/C20H21F3N2O4S/c1-30(27,28)24-10-8-19(26)25-11-9-14-2-5-18(12-15(14)13-25)29-17-6-3-16(4-7-17)20(21,22)23/h2-7,12,24H,8-11,13H2,1H3. The summed E-state index contributed by atoms with van der Waals surface area (Å²) in [6.45, 7) is 0.930. The van der Waals surface area contributed by atoms with E-state index in [1.807, 2.05) is 6.07 Å². The van der Waals surface area contributed by atoms with Gasteiger partial charge in [-0.2, -0.15) is 13.2 Å². The van der Waals surface area contributed by atoms with Gasteiger partial charge in [-0.1, -0.05) is 6.07 Å². The number of nitrogens with zero attached hydrogens (tertiary/aromatic N) is 1. The van der Waals surface area contributed by atoms with Crippen molar-refractivity contribution < 1.29 is 31.1 Å². The highest BCUT2D eigenvalue weighted by Gasteiger charge is 2.30. The molecule has 10 heteroatoms. The Kier molecular flexibility index (Phi) is 6.37. The molecular formula is C20H21F3N2O4S. The van der Waals surface area contributed by atoms with E-state index in [0.29, 0.717) is 25.3 Å². The maximum atomic E-state index is 12.7. The van der Waals surface area contributed by atoms with Gasteiger partial charge in [-0.3, -0.25) is 4.79 Å². The van der Waals surface area contributed by atoms with Crippen molar-refractivity contribution in [1.82, 2.24) is 9.62 Å². The number of ether oxygens (including phenoxy) is 1. The van der Waals surface area contributed by atoms with E-state index in [1.165, 1.54) is 12.1 Å². The van der Waals surface area contributed by atoms with E-state index in [1.54, 1.807) is 17.0 Å². The molecule has 0 spiro atoms. The molecule has 1 amide bonds. The molecule has 1 aliphatic rings. The molecule has 162 valence electrons. The molecule has 0 atom stereocenters. The predicted molar refractivity (Wildman–Crippen MR) is 105 cm³/mol. The zero-order chi connectivity index (χ0) is 21.9. The van der Waals surface area contributed by atoms with Gasteiger partial charge in [0, 0.05) is 26.1 Å². The van der Waals surface area contributed by atoms with E-state index < -0.39 is 21.8 Å². The number of fused-ring (bicyclic) bond motifs is 1. The maximum absolute atomic E-state index is 12.7. The molecule has 6 nitrogen and oxygen atoms in total. The number of hydrogen-bond donors (Lipinski definition) is 1. The van der Waals surface area contributed by atoms with Crippen LogP contribution in [0.25, 0.3) is 0 Å². The number of alkyl halides is 3. The van der Waals surface area contributed by atoms with Crippen LogP contribution in [0, 0.1) is 0 Å². The molecule has 0 aromatic heterocycles. The third kappa shape index (κ3) is 5.96. The van der Waals surface area contributed by atoms with Gasteiger partial charge in [0.2, 0.25) is 15.9 Å². The molecule has 1 heterocycles.